The van der Waals surface area contributed by atoms with Crippen molar-refractivity contribution in [1.82, 2.24) is 20.3 Å². The minimum atomic E-state index is -0.606. The van der Waals surface area contributed by atoms with Crippen LogP contribution in [0.1, 0.15) is 23.0 Å². The number of piperazine rings is 1. The van der Waals surface area contributed by atoms with Crippen LogP contribution < -0.4 is 5.32 Å². The summed E-state index contributed by atoms with van der Waals surface area (Å²) in [5, 5.41) is 6.54. The van der Waals surface area contributed by atoms with Crippen LogP contribution in [0.15, 0.2) is 34.9 Å². The molecule has 2 aromatic rings. The minimum absolute atomic E-state index is 0.0753. The first-order valence-corrected chi connectivity index (χ1v) is 8.76. The van der Waals surface area contributed by atoms with Gasteiger partial charge in [0, 0.05) is 37.8 Å². The fraction of sp³-hybridized carbons (Fsp3) is 0.421. The second kappa shape index (κ2) is 7.70. The molecule has 0 saturated carbocycles. The molecule has 1 fully saturated rings. The SMILES string of the molecule is Cc1ccc(-c2cc(C(=O)NC(C)C(=O)N3CCN(C)CC3)no2)cc1. The Hall–Kier alpha value is -2.67. The molecular formula is C19H24N4O3. The molecule has 0 aliphatic carbocycles. The number of rotatable bonds is 4. The quantitative estimate of drug-likeness (QED) is 0.899. The van der Waals surface area contributed by atoms with Crippen LogP contribution in [0.3, 0.4) is 0 Å². The van der Waals surface area contributed by atoms with Crippen molar-refractivity contribution in [1.29, 1.82) is 0 Å². The van der Waals surface area contributed by atoms with Gasteiger partial charge in [-0.05, 0) is 20.9 Å². The summed E-state index contributed by atoms with van der Waals surface area (Å²) < 4.78 is 5.27. The number of benzene rings is 1. The molecule has 26 heavy (non-hydrogen) atoms. The van der Waals surface area contributed by atoms with E-state index < -0.39 is 11.9 Å². The van der Waals surface area contributed by atoms with Crippen molar-refractivity contribution in [3.05, 3.63) is 41.6 Å². The van der Waals surface area contributed by atoms with Gasteiger partial charge >= 0.3 is 0 Å². The molecule has 0 radical (unpaired) electrons. The molecule has 2 amide bonds. The molecular weight excluding hydrogens is 332 g/mol. The van der Waals surface area contributed by atoms with Crippen molar-refractivity contribution in [3.63, 3.8) is 0 Å². The van der Waals surface area contributed by atoms with Gasteiger partial charge in [0.1, 0.15) is 6.04 Å². The molecule has 1 N–H and O–H groups in total. The Balaban J connectivity index is 1.61. The highest BCUT2D eigenvalue weighted by molar-refractivity contribution is 5.96. The van der Waals surface area contributed by atoms with E-state index >= 15 is 0 Å². The third-order valence-electron chi connectivity index (χ3n) is 4.61. The molecule has 2 heterocycles. The topological polar surface area (TPSA) is 78.7 Å². The number of nitrogens with one attached hydrogen (secondary N) is 1. The summed E-state index contributed by atoms with van der Waals surface area (Å²) >= 11 is 0. The van der Waals surface area contributed by atoms with Crippen LogP contribution in [-0.2, 0) is 4.79 Å². The maximum atomic E-state index is 12.5. The summed E-state index contributed by atoms with van der Waals surface area (Å²) in [7, 11) is 2.03. The molecule has 0 spiro atoms. The number of hydrogen-bond donors (Lipinski definition) is 1. The number of nitrogens with zero attached hydrogens (tertiary/aromatic N) is 3. The highest BCUT2D eigenvalue weighted by Crippen LogP contribution is 2.20. The number of carbonyl (C=O) groups is 2. The van der Waals surface area contributed by atoms with E-state index in [1.54, 1.807) is 17.9 Å². The second-order valence-corrected chi connectivity index (χ2v) is 6.77. The van der Waals surface area contributed by atoms with Gasteiger partial charge in [-0.1, -0.05) is 35.0 Å². The normalized spacial score (nSPS) is 16.3. The molecule has 1 atom stereocenters. The van der Waals surface area contributed by atoms with E-state index in [4.69, 9.17) is 4.52 Å². The average molecular weight is 356 g/mol. The second-order valence-electron chi connectivity index (χ2n) is 6.77. The van der Waals surface area contributed by atoms with Crippen LogP contribution in [0.5, 0.6) is 0 Å². The molecule has 1 unspecified atom stereocenters. The summed E-state index contributed by atoms with van der Waals surface area (Å²) in [4.78, 5) is 28.8. The number of amides is 2. The fourth-order valence-electron chi connectivity index (χ4n) is 2.87. The van der Waals surface area contributed by atoms with Crippen LogP contribution in [-0.4, -0.2) is 66.0 Å². The molecule has 3 rings (SSSR count). The molecule has 1 aliphatic heterocycles. The van der Waals surface area contributed by atoms with E-state index in [9.17, 15) is 9.59 Å². The van der Waals surface area contributed by atoms with Gasteiger partial charge in [0.05, 0.1) is 0 Å². The largest absolute Gasteiger partial charge is 0.355 e. The third-order valence-corrected chi connectivity index (χ3v) is 4.61. The van der Waals surface area contributed by atoms with Gasteiger partial charge in [-0.25, -0.2) is 0 Å². The van der Waals surface area contributed by atoms with E-state index in [0.717, 1.165) is 24.2 Å². The summed E-state index contributed by atoms with van der Waals surface area (Å²) in [5.74, 6) is 0.0315. The zero-order valence-electron chi connectivity index (χ0n) is 15.4. The lowest BCUT2D eigenvalue weighted by Crippen LogP contribution is -2.53. The fourth-order valence-corrected chi connectivity index (χ4v) is 2.87. The average Bonchev–Trinajstić information content (AvgIpc) is 3.12. The van der Waals surface area contributed by atoms with Gasteiger partial charge in [0.25, 0.3) is 5.91 Å². The van der Waals surface area contributed by atoms with Crippen molar-refractivity contribution >= 4 is 11.8 Å². The van der Waals surface area contributed by atoms with Gasteiger partial charge < -0.3 is 19.6 Å². The lowest BCUT2D eigenvalue weighted by atomic mass is 10.1. The molecule has 1 aromatic heterocycles. The standard InChI is InChI=1S/C19H24N4O3/c1-13-4-6-15(7-5-13)17-12-16(21-26-17)18(24)20-14(2)19(25)23-10-8-22(3)9-11-23/h4-7,12,14H,8-11H2,1-3H3,(H,20,24). The summed E-state index contributed by atoms with van der Waals surface area (Å²) in [6.07, 6.45) is 0. The maximum absolute atomic E-state index is 12.5. The van der Waals surface area contributed by atoms with Crippen molar-refractivity contribution in [2.45, 2.75) is 19.9 Å². The molecule has 7 heteroatoms. The summed E-state index contributed by atoms with van der Waals surface area (Å²) in [6, 6.07) is 8.75. The summed E-state index contributed by atoms with van der Waals surface area (Å²) in [6.45, 7) is 6.74. The van der Waals surface area contributed by atoms with Crippen LogP contribution in [0.25, 0.3) is 11.3 Å². The van der Waals surface area contributed by atoms with E-state index in [1.807, 2.05) is 38.2 Å². The Morgan fingerprint density at radius 1 is 1.15 bits per heavy atom. The Morgan fingerprint density at radius 3 is 2.46 bits per heavy atom. The lowest BCUT2D eigenvalue weighted by Gasteiger charge is -2.34. The van der Waals surface area contributed by atoms with Gasteiger partial charge in [0.15, 0.2) is 11.5 Å². The Kier molecular flexibility index (Phi) is 5.37. The van der Waals surface area contributed by atoms with Gasteiger partial charge in [-0.2, -0.15) is 0 Å². The first-order chi connectivity index (χ1) is 12.4. The predicted octanol–water partition coefficient (Wildman–Crippen LogP) is 1.54. The smallest absolute Gasteiger partial charge is 0.274 e. The molecule has 1 saturated heterocycles. The van der Waals surface area contributed by atoms with E-state index in [-0.39, 0.29) is 11.6 Å². The first-order valence-electron chi connectivity index (χ1n) is 8.76. The molecule has 138 valence electrons. The summed E-state index contributed by atoms with van der Waals surface area (Å²) in [5.41, 5.74) is 2.16. The third kappa shape index (κ3) is 4.11. The number of aromatic nitrogens is 1. The highest BCUT2D eigenvalue weighted by atomic mass is 16.5. The van der Waals surface area contributed by atoms with Crippen molar-refractivity contribution < 1.29 is 14.1 Å². The van der Waals surface area contributed by atoms with Crippen LogP contribution in [0, 0.1) is 6.92 Å². The van der Waals surface area contributed by atoms with E-state index in [1.165, 1.54) is 0 Å². The molecule has 1 aliphatic rings. The Labute approximate surface area is 152 Å². The molecule has 0 bridgehead atoms. The Bertz CT molecular complexity index is 776. The monoisotopic (exact) mass is 356 g/mol. The number of aryl methyl sites for hydroxylation is 1. The van der Waals surface area contributed by atoms with Crippen molar-refractivity contribution in [2.24, 2.45) is 0 Å². The predicted molar refractivity (Wildman–Crippen MR) is 97.7 cm³/mol. The lowest BCUT2D eigenvalue weighted by molar-refractivity contribution is -0.134. The van der Waals surface area contributed by atoms with Crippen LogP contribution in [0.2, 0.25) is 0 Å². The first kappa shape index (κ1) is 18.1. The van der Waals surface area contributed by atoms with Gasteiger partial charge in [0.2, 0.25) is 5.91 Å². The number of likely N-dealkylation sites (N-methyl/N-ethyl adjacent to an activating group) is 1. The molecule has 7 nitrogen and oxygen atoms in total. The highest BCUT2D eigenvalue weighted by Gasteiger charge is 2.26. The maximum Gasteiger partial charge on any atom is 0.274 e. The van der Waals surface area contributed by atoms with Gasteiger partial charge in [-0.3, -0.25) is 9.59 Å². The number of hydrogen-bond acceptors (Lipinski definition) is 5. The zero-order valence-corrected chi connectivity index (χ0v) is 15.4. The van der Waals surface area contributed by atoms with Crippen molar-refractivity contribution in [2.75, 3.05) is 33.2 Å². The minimum Gasteiger partial charge on any atom is -0.355 e. The van der Waals surface area contributed by atoms with Crippen molar-refractivity contribution in [3.8, 4) is 11.3 Å². The van der Waals surface area contributed by atoms with Gasteiger partial charge in [-0.15, -0.1) is 0 Å². The molecule has 1 aromatic carbocycles. The van der Waals surface area contributed by atoms with E-state index in [0.29, 0.717) is 18.8 Å². The number of carbonyl (C=O) groups excluding carboxylic acids is 2. The van der Waals surface area contributed by atoms with E-state index in [2.05, 4.69) is 15.4 Å². The van der Waals surface area contributed by atoms with Crippen LogP contribution in [0.4, 0.5) is 0 Å². The van der Waals surface area contributed by atoms with Crippen LogP contribution >= 0.6 is 0 Å². The zero-order chi connectivity index (χ0) is 18.7. The Morgan fingerprint density at radius 2 is 1.81 bits per heavy atom.